The Morgan fingerprint density at radius 1 is 1.36 bits per heavy atom. The van der Waals surface area contributed by atoms with Crippen LogP contribution in [0.15, 0.2) is 24.3 Å². The van der Waals surface area contributed by atoms with Crippen LogP contribution >= 0.6 is 11.6 Å². The average molecular weight is 315 g/mol. The van der Waals surface area contributed by atoms with Crippen molar-refractivity contribution in [1.82, 2.24) is 14.7 Å². The number of nitrogens with zero attached hydrogens (tertiary/aromatic N) is 4. The summed E-state index contributed by atoms with van der Waals surface area (Å²) in [6.07, 6.45) is 2.29. The SMILES string of the molecule is Cc1nn(C)c(Cl)c1[C@H]1CCCN1Cc1ccc(C#N)cc1. The van der Waals surface area contributed by atoms with Crippen LogP contribution in [0.25, 0.3) is 0 Å². The smallest absolute Gasteiger partial charge is 0.131 e. The number of benzene rings is 1. The van der Waals surface area contributed by atoms with Crippen molar-refractivity contribution in [2.45, 2.75) is 32.4 Å². The second kappa shape index (κ2) is 6.12. The highest BCUT2D eigenvalue weighted by molar-refractivity contribution is 6.30. The zero-order chi connectivity index (χ0) is 15.7. The third-order valence-corrected chi connectivity index (χ3v) is 4.81. The Morgan fingerprint density at radius 2 is 2.09 bits per heavy atom. The molecule has 2 heterocycles. The van der Waals surface area contributed by atoms with Crippen LogP contribution in [0, 0.1) is 18.3 Å². The van der Waals surface area contributed by atoms with Gasteiger partial charge < -0.3 is 0 Å². The summed E-state index contributed by atoms with van der Waals surface area (Å²) in [5.41, 5.74) is 4.11. The predicted octanol–water partition coefficient (Wildman–Crippen LogP) is 3.59. The van der Waals surface area contributed by atoms with Gasteiger partial charge in [0.05, 0.1) is 17.3 Å². The van der Waals surface area contributed by atoms with E-state index in [1.54, 1.807) is 4.68 Å². The normalized spacial score (nSPS) is 18.5. The second-order valence-corrected chi connectivity index (χ2v) is 6.21. The number of halogens is 1. The molecule has 0 bridgehead atoms. The molecular formula is C17H19ClN4. The molecule has 1 aromatic heterocycles. The van der Waals surface area contributed by atoms with E-state index in [1.807, 2.05) is 38.2 Å². The molecule has 0 N–H and O–H groups in total. The van der Waals surface area contributed by atoms with Gasteiger partial charge in [0.2, 0.25) is 0 Å². The van der Waals surface area contributed by atoms with Crippen molar-refractivity contribution in [2.24, 2.45) is 7.05 Å². The van der Waals surface area contributed by atoms with Gasteiger partial charge in [-0.25, -0.2) is 0 Å². The molecule has 1 aliphatic rings. The van der Waals surface area contributed by atoms with E-state index >= 15 is 0 Å². The van der Waals surface area contributed by atoms with Crippen molar-refractivity contribution in [3.63, 3.8) is 0 Å². The summed E-state index contributed by atoms with van der Waals surface area (Å²) >= 11 is 6.44. The Morgan fingerprint density at radius 3 is 2.68 bits per heavy atom. The van der Waals surface area contributed by atoms with Gasteiger partial charge in [-0.1, -0.05) is 23.7 Å². The predicted molar refractivity (Wildman–Crippen MR) is 86.5 cm³/mol. The van der Waals surface area contributed by atoms with Gasteiger partial charge >= 0.3 is 0 Å². The zero-order valence-corrected chi connectivity index (χ0v) is 13.6. The number of aryl methyl sites for hydroxylation is 2. The van der Waals surface area contributed by atoms with Gasteiger partial charge in [0.25, 0.3) is 0 Å². The summed E-state index contributed by atoms with van der Waals surface area (Å²) in [6.45, 7) is 3.97. The maximum Gasteiger partial charge on any atom is 0.131 e. The molecule has 0 saturated carbocycles. The van der Waals surface area contributed by atoms with Crippen LogP contribution in [0.5, 0.6) is 0 Å². The first-order valence-corrected chi connectivity index (χ1v) is 7.90. The molecule has 0 unspecified atom stereocenters. The maximum atomic E-state index is 8.88. The van der Waals surface area contributed by atoms with Gasteiger partial charge in [0.1, 0.15) is 5.15 Å². The van der Waals surface area contributed by atoms with E-state index in [4.69, 9.17) is 16.9 Å². The van der Waals surface area contributed by atoms with Crippen molar-refractivity contribution < 1.29 is 0 Å². The summed E-state index contributed by atoms with van der Waals surface area (Å²) in [6, 6.07) is 10.3. The fraction of sp³-hybridized carbons (Fsp3) is 0.412. The maximum absolute atomic E-state index is 8.88. The first-order valence-electron chi connectivity index (χ1n) is 7.52. The lowest BCUT2D eigenvalue weighted by Gasteiger charge is -2.24. The summed E-state index contributed by atoms with van der Waals surface area (Å²) in [4.78, 5) is 2.46. The molecule has 1 atom stereocenters. The molecule has 1 aliphatic heterocycles. The van der Waals surface area contributed by atoms with E-state index in [2.05, 4.69) is 16.1 Å². The quantitative estimate of drug-likeness (QED) is 0.869. The highest BCUT2D eigenvalue weighted by atomic mass is 35.5. The van der Waals surface area contributed by atoms with Gasteiger partial charge in [0, 0.05) is 25.2 Å². The third-order valence-electron chi connectivity index (χ3n) is 4.36. The molecular weight excluding hydrogens is 296 g/mol. The Balaban J connectivity index is 1.82. The summed E-state index contributed by atoms with van der Waals surface area (Å²) in [5, 5.41) is 14.1. The molecule has 0 spiro atoms. The van der Waals surface area contributed by atoms with Crippen LogP contribution in [0.3, 0.4) is 0 Å². The van der Waals surface area contributed by atoms with Crippen molar-refractivity contribution in [1.29, 1.82) is 5.26 Å². The number of hydrogen-bond acceptors (Lipinski definition) is 3. The van der Waals surface area contributed by atoms with Crippen LogP contribution in [0.1, 0.15) is 41.3 Å². The Bertz CT molecular complexity index is 711. The molecule has 0 radical (unpaired) electrons. The second-order valence-electron chi connectivity index (χ2n) is 5.85. The molecule has 1 aromatic carbocycles. The minimum absolute atomic E-state index is 0.330. The van der Waals surface area contributed by atoms with E-state index in [1.165, 1.54) is 12.0 Å². The minimum Gasteiger partial charge on any atom is -0.292 e. The number of aromatic nitrogens is 2. The molecule has 114 valence electrons. The van der Waals surface area contributed by atoms with Crippen molar-refractivity contribution in [2.75, 3.05) is 6.54 Å². The number of nitriles is 1. The number of hydrogen-bond donors (Lipinski definition) is 0. The average Bonchev–Trinajstić information content (AvgIpc) is 3.05. The fourth-order valence-electron chi connectivity index (χ4n) is 3.29. The molecule has 5 heteroatoms. The summed E-state index contributed by atoms with van der Waals surface area (Å²) in [7, 11) is 1.89. The summed E-state index contributed by atoms with van der Waals surface area (Å²) < 4.78 is 1.75. The number of rotatable bonds is 3. The van der Waals surface area contributed by atoms with Crippen molar-refractivity contribution in [3.8, 4) is 6.07 Å². The number of likely N-dealkylation sites (tertiary alicyclic amines) is 1. The first kappa shape index (κ1) is 15.1. The fourth-order valence-corrected chi connectivity index (χ4v) is 3.59. The monoisotopic (exact) mass is 314 g/mol. The minimum atomic E-state index is 0.330. The Hall–Kier alpha value is -1.83. The van der Waals surface area contributed by atoms with Crippen LogP contribution in [-0.4, -0.2) is 21.2 Å². The van der Waals surface area contributed by atoms with Crippen LogP contribution in [-0.2, 0) is 13.6 Å². The topological polar surface area (TPSA) is 44.9 Å². The highest BCUT2D eigenvalue weighted by Gasteiger charge is 2.30. The van der Waals surface area contributed by atoms with Crippen LogP contribution in [0.4, 0.5) is 0 Å². The molecule has 0 amide bonds. The van der Waals surface area contributed by atoms with Gasteiger partial charge in [-0.2, -0.15) is 10.4 Å². The third kappa shape index (κ3) is 2.75. The molecule has 2 aromatic rings. The van der Waals surface area contributed by atoms with Gasteiger partial charge in [-0.15, -0.1) is 0 Å². The summed E-state index contributed by atoms with van der Waals surface area (Å²) in [5.74, 6) is 0. The highest BCUT2D eigenvalue weighted by Crippen LogP contribution is 2.38. The zero-order valence-electron chi connectivity index (χ0n) is 12.9. The molecule has 0 aliphatic carbocycles. The molecule has 1 saturated heterocycles. The molecule has 3 rings (SSSR count). The van der Waals surface area contributed by atoms with Crippen molar-refractivity contribution >= 4 is 11.6 Å². The molecule has 22 heavy (non-hydrogen) atoms. The van der Waals surface area contributed by atoms with Crippen LogP contribution < -0.4 is 0 Å². The lowest BCUT2D eigenvalue weighted by Crippen LogP contribution is -2.23. The van der Waals surface area contributed by atoms with Gasteiger partial charge in [-0.3, -0.25) is 9.58 Å². The van der Waals surface area contributed by atoms with Crippen LogP contribution in [0.2, 0.25) is 5.15 Å². The van der Waals surface area contributed by atoms with Gasteiger partial charge in [0.15, 0.2) is 0 Å². The Kier molecular flexibility index (Phi) is 4.19. The van der Waals surface area contributed by atoms with E-state index in [-0.39, 0.29) is 0 Å². The van der Waals surface area contributed by atoms with E-state index < -0.39 is 0 Å². The van der Waals surface area contributed by atoms with E-state index in [0.29, 0.717) is 11.6 Å². The standard InChI is InChI=1S/C17H19ClN4/c1-12-16(17(18)21(2)20-12)15-4-3-9-22(15)11-14-7-5-13(10-19)6-8-14/h5-8,15H,3-4,9,11H2,1-2H3/t15-/m1/s1. The first-order chi connectivity index (χ1) is 10.6. The lowest BCUT2D eigenvalue weighted by atomic mass is 10.0. The molecule has 4 nitrogen and oxygen atoms in total. The van der Waals surface area contributed by atoms with Crippen molar-refractivity contribution in [3.05, 3.63) is 51.8 Å². The van der Waals surface area contributed by atoms with Gasteiger partial charge in [-0.05, 0) is 44.0 Å². The largest absolute Gasteiger partial charge is 0.292 e. The van der Waals surface area contributed by atoms with E-state index in [0.717, 1.165) is 35.9 Å². The van der Waals surface area contributed by atoms with E-state index in [9.17, 15) is 0 Å². The Labute approximate surface area is 135 Å². The molecule has 1 fully saturated rings. The lowest BCUT2D eigenvalue weighted by molar-refractivity contribution is 0.248.